The fourth-order valence-electron chi connectivity index (χ4n) is 1.88. The molecule has 0 aliphatic heterocycles. The number of amides is 2. The highest BCUT2D eigenvalue weighted by molar-refractivity contribution is 6.33. The van der Waals surface area contributed by atoms with E-state index >= 15 is 0 Å². The maximum absolute atomic E-state index is 11.9. The predicted octanol–water partition coefficient (Wildman–Crippen LogP) is 3.01. The Kier molecular flexibility index (Phi) is 7.23. The molecule has 0 saturated heterocycles. The van der Waals surface area contributed by atoms with E-state index in [1.807, 2.05) is 6.92 Å². The van der Waals surface area contributed by atoms with Gasteiger partial charge in [0.25, 0.3) is 5.91 Å². The lowest BCUT2D eigenvalue weighted by atomic mass is 10.0. The SMILES string of the molecule is CC(C)CCC(C)NC(=O)CNC(=O)c1ccccc1Cl. The smallest absolute Gasteiger partial charge is 0.253 e. The van der Waals surface area contributed by atoms with Crippen LogP contribution in [0.3, 0.4) is 0 Å². The number of rotatable bonds is 7. The van der Waals surface area contributed by atoms with E-state index in [4.69, 9.17) is 11.6 Å². The summed E-state index contributed by atoms with van der Waals surface area (Å²) in [6.07, 6.45) is 2.00. The number of carbonyl (C=O) groups excluding carboxylic acids is 2. The Balaban J connectivity index is 2.36. The van der Waals surface area contributed by atoms with Crippen LogP contribution in [-0.2, 0) is 4.79 Å². The number of hydrogen-bond acceptors (Lipinski definition) is 2. The van der Waals surface area contributed by atoms with Gasteiger partial charge in [0.05, 0.1) is 17.1 Å². The average Bonchev–Trinajstić information content (AvgIpc) is 2.43. The molecule has 2 N–H and O–H groups in total. The molecule has 1 aromatic rings. The second-order valence-corrected chi connectivity index (χ2v) is 6.01. The Bertz CT molecular complexity index is 489. The number of halogens is 1. The maximum atomic E-state index is 11.9. The highest BCUT2D eigenvalue weighted by Gasteiger charge is 2.12. The first-order valence-corrected chi connectivity index (χ1v) is 7.60. The minimum atomic E-state index is -0.342. The molecule has 0 radical (unpaired) electrons. The van der Waals surface area contributed by atoms with Gasteiger partial charge in [0.2, 0.25) is 5.91 Å². The zero-order valence-electron chi connectivity index (χ0n) is 12.8. The normalized spacial score (nSPS) is 12.0. The zero-order valence-corrected chi connectivity index (χ0v) is 13.5. The van der Waals surface area contributed by atoms with Crippen molar-refractivity contribution in [2.75, 3.05) is 6.54 Å². The van der Waals surface area contributed by atoms with E-state index in [2.05, 4.69) is 24.5 Å². The van der Waals surface area contributed by atoms with E-state index in [0.29, 0.717) is 16.5 Å². The van der Waals surface area contributed by atoms with E-state index < -0.39 is 0 Å². The van der Waals surface area contributed by atoms with Crippen LogP contribution in [0.4, 0.5) is 0 Å². The lowest BCUT2D eigenvalue weighted by Gasteiger charge is -2.15. The summed E-state index contributed by atoms with van der Waals surface area (Å²) in [6, 6.07) is 6.86. The van der Waals surface area contributed by atoms with Crippen molar-refractivity contribution in [3.8, 4) is 0 Å². The predicted molar refractivity (Wildman–Crippen MR) is 85.5 cm³/mol. The summed E-state index contributed by atoms with van der Waals surface area (Å²) in [6.45, 7) is 6.23. The van der Waals surface area contributed by atoms with Gasteiger partial charge in [-0.1, -0.05) is 37.6 Å². The summed E-state index contributed by atoms with van der Waals surface area (Å²) in [5.41, 5.74) is 0.375. The van der Waals surface area contributed by atoms with Gasteiger partial charge in [-0.3, -0.25) is 9.59 Å². The van der Waals surface area contributed by atoms with Crippen LogP contribution in [-0.4, -0.2) is 24.4 Å². The molecule has 21 heavy (non-hydrogen) atoms. The van der Waals surface area contributed by atoms with Gasteiger partial charge < -0.3 is 10.6 Å². The first-order valence-electron chi connectivity index (χ1n) is 7.22. The van der Waals surface area contributed by atoms with Gasteiger partial charge in [0, 0.05) is 6.04 Å². The summed E-state index contributed by atoms with van der Waals surface area (Å²) >= 11 is 5.93. The van der Waals surface area contributed by atoms with E-state index in [-0.39, 0.29) is 24.4 Å². The van der Waals surface area contributed by atoms with Gasteiger partial charge in [-0.05, 0) is 37.8 Å². The Labute approximate surface area is 131 Å². The molecule has 1 atom stereocenters. The number of carbonyl (C=O) groups is 2. The molecule has 1 unspecified atom stereocenters. The molecular formula is C16H23ClN2O2. The summed E-state index contributed by atoms with van der Waals surface area (Å²) in [5.74, 6) is 0.0847. The average molecular weight is 311 g/mol. The summed E-state index contributed by atoms with van der Waals surface area (Å²) in [4.78, 5) is 23.7. The van der Waals surface area contributed by atoms with Gasteiger partial charge in [0.1, 0.15) is 0 Å². The second-order valence-electron chi connectivity index (χ2n) is 5.60. The fraction of sp³-hybridized carbons (Fsp3) is 0.500. The minimum absolute atomic E-state index is 0.0456. The molecule has 0 heterocycles. The molecule has 2 amide bonds. The summed E-state index contributed by atoms with van der Waals surface area (Å²) in [5, 5.41) is 5.82. The minimum Gasteiger partial charge on any atom is -0.352 e. The van der Waals surface area contributed by atoms with Crippen molar-refractivity contribution < 1.29 is 9.59 Å². The molecule has 0 aliphatic rings. The standard InChI is InChI=1S/C16H23ClN2O2/c1-11(2)8-9-12(3)19-15(20)10-18-16(21)13-6-4-5-7-14(13)17/h4-7,11-12H,8-10H2,1-3H3,(H,18,21)(H,19,20). The fourth-order valence-corrected chi connectivity index (χ4v) is 2.10. The second kappa shape index (κ2) is 8.67. The van der Waals surface area contributed by atoms with Crippen molar-refractivity contribution >= 4 is 23.4 Å². The molecule has 4 nitrogen and oxygen atoms in total. The van der Waals surface area contributed by atoms with Crippen molar-refractivity contribution in [1.82, 2.24) is 10.6 Å². The summed E-state index contributed by atoms with van der Waals surface area (Å²) < 4.78 is 0. The molecular weight excluding hydrogens is 288 g/mol. The van der Waals surface area contributed by atoms with Crippen molar-refractivity contribution in [3.05, 3.63) is 34.9 Å². The highest BCUT2D eigenvalue weighted by atomic mass is 35.5. The van der Waals surface area contributed by atoms with Crippen LogP contribution in [0.2, 0.25) is 5.02 Å². The largest absolute Gasteiger partial charge is 0.352 e. The van der Waals surface area contributed by atoms with Gasteiger partial charge in [0.15, 0.2) is 0 Å². The van der Waals surface area contributed by atoms with Crippen molar-refractivity contribution in [1.29, 1.82) is 0 Å². The third-order valence-corrected chi connectivity index (χ3v) is 3.44. The van der Waals surface area contributed by atoms with Crippen LogP contribution < -0.4 is 10.6 Å². The van der Waals surface area contributed by atoms with Gasteiger partial charge in [-0.15, -0.1) is 0 Å². The first kappa shape index (κ1) is 17.5. The van der Waals surface area contributed by atoms with Gasteiger partial charge in [-0.2, -0.15) is 0 Å². The Morgan fingerprint density at radius 1 is 1.14 bits per heavy atom. The molecule has 0 saturated carbocycles. The van der Waals surface area contributed by atoms with Crippen molar-refractivity contribution in [2.45, 2.75) is 39.7 Å². The maximum Gasteiger partial charge on any atom is 0.253 e. The molecule has 0 spiro atoms. The van der Waals surface area contributed by atoms with Crippen LogP contribution in [0.5, 0.6) is 0 Å². The zero-order chi connectivity index (χ0) is 15.8. The molecule has 0 bridgehead atoms. The van der Waals surface area contributed by atoms with Crippen LogP contribution in [0.1, 0.15) is 44.0 Å². The van der Waals surface area contributed by atoms with E-state index in [9.17, 15) is 9.59 Å². The first-order chi connectivity index (χ1) is 9.90. The molecule has 0 aliphatic carbocycles. The lowest BCUT2D eigenvalue weighted by molar-refractivity contribution is -0.120. The Morgan fingerprint density at radius 3 is 2.43 bits per heavy atom. The van der Waals surface area contributed by atoms with Crippen LogP contribution in [0.15, 0.2) is 24.3 Å². The third-order valence-electron chi connectivity index (χ3n) is 3.11. The number of hydrogen-bond donors (Lipinski definition) is 2. The molecule has 1 aromatic carbocycles. The van der Waals surface area contributed by atoms with E-state index in [1.165, 1.54) is 0 Å². The summed E-state index contributed by atoms with van der Waals surface area (Å²) in [7, 11) is 0. The monoisotopic (exact) mass is 310 g/mol. The van der Waals surface area contributed by atoms with Crippen molar-refractivity contribution in [3.63, 3.8) is 0 Å². The third kappa shape index (κ3) is 6.63. The van der Waals surface area contributed by atoms with Crippen LogP contribution in [0.25, 0.3) is 0 Å². The van der Waals surface area contributed by atoms with Gasteiger partial charge >= 0.3 is 0 Å². The molecule has 0 aromatic heterocycles. The molecule has 1 rings (SSSR count). The highest BCUT2D eigenvalue weighted by Crippen LogP contribution is 2.14. The van der Waals surface area contributed by atoms with Crippen LogP contribution >= 0.6 is 11.6 Å². The lowest BCUT2D eigenvalue weighted by Crippen LogP contribution is -2.41. The van der Waals surface area contributed by atoms with Gasteiger partial charge in [-0.25, -0.2) is 0 Å². The quantitative estimate of drug-likeness (QED) is 0.813. The van der Waals surface area contributed by atoms with E-state index in [1.54, 1.807) is 24.3 Å². The molecule has 116 valence electrons. The number of benzene rings is 1. The Hall–Kier alpha value is -1.55. The van der Waals surface area contributed by atoms with Crippen LogP contribution in [0, 0.1) is 5.92 Å². The Morgan fingerprint density at radius 2 is 1.81 bits per heavy atom. The number of nitrogens with one attached hydrogen (secondary N) is 2. The topological polar surface area (TPSA) is 58.2 Å². The molecule has 5 heteroatoms. The van der Waals surface area contributed by atoms with Crippen molar-refractivity contribution in [2.24, 2.45) is 5.92 Å². The van der Waals surface area contributed by atoms with E-state index in [0.717, 1.165) is 12.8 Å². The molecule has 0 fully saturated rings.